The van der Waals surface area contributed by atoms with Crippen LogP contribution in [0.5, 0.6) is 0 Å². The average molecular weight is 374 g/mol. The first-order valence-electron chi connectivity index (χ1n) is 9.63. The van der Waals surface area contributed by atoms with Gasteiger partial charge in [0.25, 0.3) is 5.91 Å². The minimum Gasteiger partial charge on any atom is -0.461 e. The van der Waals surface area contributed by atoms with Gasteiger partial charge in [-0.3, -0.25) is 14.8 Å². The molecular formula is C21H30N2O4. The van der Waals surface area contributed by atoms with Gasteiger partial charge in [0.2, 0.25) is 0 Å². The summed E-state index contributed by atoms with van der Waals surface area (Å²) in [5.74, 6) is -0.327. The summed E-state index contributed by atoms with van der Waals surface area (Å²) in [5, 5.41) is 11.8. The lowest BCUT2D eigenvalue weighted by Gasteiger charge is -2.22. The second kappa shape index (κ2) is 10.8. The number of benzene rings is 1. The third-order valence-electron chi connectivity index (χ3n) is 4.65. The van der Waals surface area contributed by atoms with Crippen LogP contribution in [0, 0.1) is 5.92 Å². The van der Waals surface area contributed by atoms with E-state index in [-0.39, 0.29) is 18.1 Å². The molecule has 0 aromatic heterocycles. The number of rotatable bonds is 9. The first-order valence-corrected chi connectivity index (χ1v) is 9.63. The van der Waals surface area contributed by atoms with Crippen molar-refractivity contribution in [1.82, 2.24) is 10.8 Å². The first kappa shape index (κ1) is 21.1. The molecule has 3 N–H and O–H groups in total. The number of nitrogens with one attached hydrogen (secondary N) is 2. The van der Waals surface area contributed by atoms with Crippen molar-refractivity contribution in [2.75, 3.05) is 0 Å². The Labute approximate surface area is 160 Å². The molecule has 1 aliphatic carbocycles. The fraction of sp³-hybridized carbons (Fsp3) is 0.524. The highest BCUT2D eigenvalue weighted by Crippen LogP contribution is 2.22. The topological polar surface area (TPSA) is 87.7 Å². The summed E-state index contributed by atoms with van der Waals surface area (Å²) in [5.41, 5.74) is 3.44. The van der Waals surface area contributed by atoms with Crippen molar-refractivity contribution in [2.24, 2.45) is 5.92 Å². The van der Waals surface area contributed by atoms with Crippen LogP contribution in [0.25, 0.3) is 6.08 Å². The van der Waals surface area contributed by atoms with Crippen molar-refractivity contribution >= 4 is 18.0 Å². The molecule has 27 heavy (non-hydrogen) atoms. The summed E-state index contributed by atoms with van der Waals surface area (Å²) in [6.45, 7) is 4.76. The fourth-order valence-corrected chi connectivity index (χ4v) is 3.18. The van der Waals surface area contributed by atoms with Gasteiger partial charge in [0, 0.05) is 12.6 Å². The smallest absolute Gasteiger partial charge is 0.323 e. The Kier molecular flexibility index (Phi) is 8.48. The van der Waals surface area contributed by atoms with E-state index in [1.165, 1.54) is 6.08 Å². The number of ether oxygens (including phenoxy) is 1. The zero-order valence-corrected chi connectivity index (χ0v) is 16.1. The number of amides is 1. The van der Waals surface area contributed by atoms with Crippen molar-refractivity contribution in [2.45, 2.75) is 64.6 Å². The Bertz CT molecular complexity index is 634. The van der Waals surface area contributed by atoms with Crippen molar-refractivity contribution in [3.63, 3.8) is 0 Å². The maximum absolute atomic E-state index is 12.5. The van der Waals surface area contributed by atoms with Crippen LogP contribution in [0.4, 0.5) is 0 Å². The minimum absolute atomic E-state index is 0.0798. The molecule has 0 heterocycles. The van der Waals surface area contributed by atoms with Gasteiger partial charge >= 0.3 is 5.97 Å². The quantitative estimate of drug-likeness (QED) is 0.267. The Hall–Kier alpha value is -2.18. The molecule has 0 aliphatic heterocycles. The van der Waals surface area contributed by atoms with Crippen molar-refractivity contribution in [3.05, 3.63) is 41.5 Å². The molecule has 1 atom stereocenters. The first-order chi connectivity index (χ1) is 13.0. The van der Waals surface area contributed by atoms with Crippen LogP contribution in [0.1, 0.15) is 57.1 Å². The predicted molar refractivity (Wildman–Crippen MR) is 104 cm³/mol. The fourth-order valence-electron chi connectivity index (χ4n) is 3.18. The predicted octanol–water partition coefficient (Wildman–Crippen LogP) is 3.20. The Morgan fingerprint density at radius 1 is 1.22 bits per heavy atom. The van der Waals surface area contributed by atoms with E-state index < -0.39 is 5.91 Å². The van der Waals surface area contributed by atoms with Gasteiger partial charge in [0.1, 0.15) is 12.1 Å². The van der Waals surface area contributed by atoms with Gasteiger partial charge in [0.05, 0.1) is 0 Å². The molecule has 6 heteroatoms. The second-order valence-corrected chi connectivity index (χ2v) is 7.46. The molecule has 1 fully saturated rings. The lowest BCUT2D eigenvalue weighted by Crippen LogP contribution is -2.40. The monoisotopic (exact) mass is 374 g/mol. The molecule has 1 amide bonds. The van der Waals surface area contributed by atoms with Crippen LogP contribution in [0.3, 0.4) is 0 Å². The number of hydrogen-bond donors (Lipinski definition) is 3. The van der Waals surface area contributed by atoms with E-state index in [4.69, 9.17) is 9.94 Å². The van der Waals surface area contributed by atoms with E-state index >= 15 is 0 Å². The number of carbonyl (C=O) groups excluding carboxylic acids is 2. The maximum Gasteiger partial charge on any atom is 0.323 e. The zero-order chi connectivity index (χ0) is 19.6. The van der Waals surface area contributed by atoms with Gasteiger partial charge in [-0.1, -0.05) is 38.1 Å². The summed E-state index contributed by atoms with van der Waals surface area (Å²) in [7, 11) is 0. The molecule has 0 radical (unpaired) electrons. The van der Waals surface area contributed by atoms with E-state index in [1.807, 2.05) is 24.3 Å². The summed E-state index contributed by atoms with van der Waals surface area (Å²) >= 11 is 0. The lowest BCUT2D eigenvalue weighted by molar-refractivity contribution is -0.151. The van der Waals surface area contributed by atoms with Gasteiger partial charge in [-0.25, -0.2) is 5.48 Å². The SMILES string of the molecule is CC(C)C[C@H](NCc1ccc(/C=C/C(=O)NO)cc1)C(=O)OC1CCCC1. The zero-order valence-electron chi connectivity index (χ0n) is 16.1. The molecule has 1 aromatic rings. The lowest BCUT2D eigenvalue weighted by atomic mass is 10.0. The molecule has 0 bridgehead atoms. The molecule has 1 aromatic carbocycles. The Balaban J connectivity index is 1.90. The third kappa shape index (κ3) is 7.53. The van der Waals surface area contributed by atoms with Gasteiger partial charge in [-0.2, -0.15) is 0 Å². The highest BCUT2D eigenvalue weighted by molar-refractivity contribution is 5.90. The minimum atomic E-state index is -0.571. The molecule has 148 valence electrons. The largest absolute Gasteiger partial charge is 0.461 e. The van der Waals surface area contributed by atoms with E-state index in [1.54, 1.807) is 11.6 Å². The van der Waals surface area contributed by atoms with Crippen LogP contribution in [0.2, 0.25) is 0 Å². The van der Waals surface area contributed by atoms with Crippen LogP contribution in [0.15, 0.2) is 30.3 Å². The van der Waals surface area contributed by atoms with Crippen LogP contribution in [-0.2, 0) is 20.9 Å². The van der Waals surface area contributed by atoms with E-state index in [2.05, 4.69) is 19.2 Å². The van der Waals surface area contributed by atoms with Crippen molar-refractivity contribution in [3.8, 4) is 0 Å². The standard InChI is InChI=1S/C21H30N2O4/c1-15(2)13-19(21(25)27-18-5-3-4-6-18)22-14-17-9-7-16(8-10-17)11-12-20(24)23-26/h7-12,15,18-19,22,26H,3-6,13-14H2,1-2H3,(H,23,24)/b12-11+/t19-/m0/s1. The molecular weight excluding hydrogens is 344 g/mol. The molecule has 1 saturated carbocycles. The highest BCUT2D eigenvalue weighted by Gasteiger charge is 2.25. The Morgan fingerprint density at radius 2 is 1.89 bits per heavy atom. The van der Waals surface area contributed by atoms with Gasteiger partial charge < -0.3 is 10.1 Å². The van der Waals surface area contributed by atoms with Gasteiger partial charge in [-0.05, 0) is 55.2 Å². The highest BCUT2D eigenvalue weighted by atomic mass is 16.5. The summed E-state index contributed by atoms with van der Waals surface area (Å²) in [6.07, 6.45) is 7.92. The molecule has 0 spiro atoms. The number of hydroxylamine groups is 1. The average Bonchev–Trinajstić information content (AvgIpc) is 3.16. The summed E-state index contributed by atoms with van der Waals surface area (Å²) in [4.78, 5) is 23.5. The van der Waals surface area contributed by atoms with Gasteiger partial charge in [0.15, 0.2) is 0 Å². The van der Waals surface area contributed by atoms with Crippen LogP contribution >= 0.6 is 0 Å². The Morgan fingerprint density at radius 3 is 2.48 bits per heavy atom. The maximum atomic E-state index is 12.5. The van der Waals surface area contributed by atoms with Crippen LogP contribution < -0.4 is 10.8 Å². The molecule has 1 aliphatic rings. The van der Waals surface area contributed by atoms with E-state index in [0.717, 1.165) is 43.2 Å². The number of hydrogen-bond acceptors (Lipinski definition) is 5. The van der Waals surface area contributed by atoms with Crippen molar-refractivity contribution < 1.29 is 19.5 Å². The van der Waals surface area contributed by atoms with E-state index in [0.29, 0.717) is 12.5 Å². The number of esters is 1. The third-order valence-corrected chi connectivity index (χ3v) is 4.65. The van der Waals surface area contributed by atoms with Gasteiger partial charge in [-0.15, -0.1) is 0 Å². The summed E-state index contributed by atoms with van der Waals surface area (Å²) < 4.78 is 5.68. The van der Waals surface area contributed by atoms with Crippen molar-refractivity contribution in [1.29, 1.82) is 0 Å². The molecule has 0 saturated heterocycles. The van der Waals surface area contributed by atoms with Crippen LogP contribution in [-0.4, -0.2) is 29.2 Å². The van der Waals surface area contributed by atoms with E-state index in [9.17, 15) is 9.59 Å². The molecule has 6 nitrogen and oxygen atoms in total. The second-order valence-electron chi connectivity index (χ2n) is 7.46. The molecule has 0 unspecified atom stereocenters. The summed E-state index contributed by atoms with van der Waals surface area (Å²) in [6, 6.07) is 7.34. The normalized spacial score (nSPS) is 16.0. The molecule has 2 rings (SSSR count). The number of carbonyl (C=O) groups is 2.